The molecule has 0 aliphatic rings. The molecule has 0 spiro atoms. The average molecular weight is 399 g/mol. The molecule has 0 saturated heterocycles. The van der Waals surface area contributed by atoms with Crippen LogP contribution in [0.25, 0.3) is 33.4 Å². The van der Waals surface area contributed by atoms with E-state index in [4.69, 9.17) is 5.11 Å². The summed E-state index contributed by atoms with van der Waals surface area (Å²) in [6, 6.07) is 13.1. The third-order valence-corrected chi connectivity index (χ3v) is 4.85. The van der Waals surface area contributed by atoms with Crippen LogP contribution in [0, 0.1) is 6.92 Å². The Morgan fingerprint density at radius 2 is 1.86 bits per heavy atom. The number of rotatable bonds is 3. The molecule has 4 aromatic rings. The van der Waals surface area contributed by atoms with Gasteiger partial charge < -0.3 is 10.1 Å². The number of fused-ring (bicyclic) bond motifs is 1. The van der Waals surface area contributed by atoms with Crippen LogP contribution in [0.5, 0.6) is 0 Å². The van der Waals surface area contributed by atoms with E-state index in [1.54, 1.807) is 30.3 Å². The fourth-order valence-electron chi connectivity index (χ4n) is 3.41. The van der Waals surface area contributed by atoms with Gasteiger partial charge in [-0.05, 0) is 48.9 Å². The summed E-state index contributed by atoms with van der Waals surface area (Å²) < 4.78 is 40.0. The number of aromatic amines is 1. The van der Waals surface area contributed by atoms with Crippen molar-refractivity contribution in [1.82, 2.24) is 14.8 Å². The van der Waals surface area contributed by atoms with E-state index >= 15 is 0 Å². The summed E-state index contributed by atoms with van der Waals surface area (Å²) in [5.74, 6) is -0.990. The van der Waals surface area contributed by atoms with E-state index in [0.717, 1.165) is 33.8 Å². The van der Waals surface area contributed by atoms with E-state index in [9.17, 15) is 18.0 Å². The number of aromatic nitrogens is 3. The van der Waals surface area contributed by atoms with Crippen LogP contribution in [0.15, 0.2) is 48.5 Å². The number of H-pyrrole nitrogens is 1. The second kappa shape index (κ2) is 6.51. The van der Waals surface area contributed by atoms with Gasteiger partial charge >= 0.3 is 12.1 Å². The summed E-state index contributed by atoms with van der Waals surface area (Å²) in [6.45, 7) is 1.83. The maximum absolute atomic E-state index is 12.9. The number of hydrogen-bond donors (Lipinski definition) is 2. The summed E-state index contributed by atoms with van der Waals surface area (Å²) in [5, 5.41) is 13.5. The Hall–Kier alpha value is -3.55. The van der Waals surface area contributed by atoms with Crippen LogP contribution in [0.1, 0.15) is 21.6 Å². The number of hydrogen-bond acceptors (Lipinski definition) is 2. The van der Waals surface area contributed by atoms with E-state index in [-0.39, 0.29) is 5.56 Å². The van der Waals surface area contributed by atoms with Gasteiger partial charge in [-0.25, -0.2) is 4.79 Å². The van der Waals surface area contributed by atoms with Crippen molar-refractivity contribution in [1.29, 1.82) is 0 Å². The van der Waals surface area contributed by atoms with Gasteiger partial charge in [0.15, 0.2) is 5.69 Å². The van der Waals surface area contributed by atoms with E-state index in [0.29, 0.717) is 11.3 Å². The molecule has 2 aromatic heterocycles. The molecular weight excluding hydrogens is 383 g/mol. The molecule has 0 aliphatic carbocycles. The lowest BCUT2D eigenvalue weighted by atomic mass is 10.0. The fourth-order valence-corrected chi connectivity index (χ4v) is 3.41. The van der Waals surface area contributed by atoms with Crippen molar-refractivity contribution < 1.29 is 23.1 Å². The fraction of sp³-hybridized carbons (Fsp3) is 0.143. The number of aryl methyl sites for hydroxylation is 2. The van der Waals surface area contributed by atoms with Gasteiger partial charge in [-0.3, -0.25) is 4.68 Å². The second-order valence-corrected chi connectivity index (χ2v) is 6.86. The highest BCUT2D eigenvalue weighted by Crippen LogP contribution is 2.33. The molecule has 0 unspecified atom stereocenters. The minimum atomic E-state index is -4.50. The van der Waals surface area contributed by atoms with E-state index in [1.165, 1.54) is 17.8 Å². The lowest BCUT2D eigenvalue weighted by molar-refractivity contribution is -0.141. The van der Waals surface area contributed by atoms with Crippen LogP contribution in [0.3, 0.4) is 0 Å². The summed E-state index contributed by atoms with van der Waals surface area (Å²) >= 11 is 0. The highest BCUT2D eigenvalue weighted by atomic mass is 19.4. The minimum Gasteiger partial charge on any atom is -0.478 e. The average Bonchev–Trinajstić information content (AvgIpc) is 3.23. The third-order valence-electron chi connectivity index (χ3n) is 4.85. The van der Waals surface area contributed by atoms with E-state index in [2.05, 4.69) is 10.1 Å². The van der Waals surface area contributed by atoms with Gasteiger partial charge in [0.25, 0.3) is 0 Å². The monoisotopic (exact) mass is 399 g/mol. The first-order chi connectivity index (χ1) is 13.6. The Kier molecular flexibility index (Phi) is 4.22. The quantitative estimate of drug-likeness (QED) is 0.494. The summed E-state index contributed by atoms with van der Waals surface area (Å²) in [7, 11) is 1.48. The van der Waals surface area contributed by atoms with Crippen LogP contribution in [0.2, 0.25) is 0 Å². The van der Waals surface area contributed by atoms with Gasteiger partial charge in [0, 0.05) is 34.8 Å². The van der Waals surface area contributed by atoms with Gasteiger partial charge in [0.1, 0.15) is 0 Å². The summed E-state index contributed by atoms with van der Waals surface area (Å²) in [5.41, 5.74) is 3.54. The highest BCUT2D eigenvalue weighted by Gasteiger charge is 2.34. The predicted molar refractivity (Wildman–Crippen MR) is 103 cm³/mol. The topological polar surface area (TPSA) is 70.9 Å². The molecule has 29 heavy (non-hydrogen) atoms. The number of nitrogens with zero attached hydrogens (tertiary/aromatic N) is 2. The second-order valence-electron chi connectivity index (χ2n) is 6.86. The first kappa shape index (κ1) is 18.8. The largest absolute Gasteiger partial charge is 0.478 e. The van der Waals surface area contributed by atoms with E-state index in [1.807, 2.05) is 13.0 Å². The van der Waals surface area contributed by atoms with Gasteiger partial charge in [0.2, 0.25) is 0 Å². The van der Waals surface area contributed by atoms with Crippen molar-refractivity contribution in [3.05, 3.63) is 65.4 Å². The van der Waals surface area contributed by atoms with Gasteiger partial charge in [-0.2, -0.15) is 18.3 Å². The minimum absolute atomic E-state index is 0.210. The van der Waals surface area contributed by atoms with Crippen molar-refractivity contribution in [2.24, 2.45) is 7.05 Å². The third kappa shape index (κ3) is 3.37. The summed E-state index contributed by atoms with van der Waals surface area (Å²) in [6.07, 6.45) is -4.50. The molecule has 148 valence electrons. The highest BCUT2D eigenvalue weighted by molar-refractivity contribution is 5.91. The van der Waals surface area contributed by atoms with E-state index < -0.39 is 17.8 Å². The molecule has 0 amide bonds. The maximum Gasteiger partial charge on any atom is 0.435 e. The van der Waals surface area contributed by atoms with Gasteiger partial charge in [-0.15, -0.1) is 0 Å². The maximum atomic E-state index is 12.9. The first-order valence-electron chi connectivity index (χ1n) is 8.72. The predicted octanol–water partition coefficient (Wildman–Crippen LogP) is 5.26. The molecule has 2 N–H and O–H groups in total. The molecule has 0 aliphatic heterocycles. The van der Waals surface area contributed by atoms with Crippen LogP contribution in [0.4, 0.5) is 13.2 Å². The zero-order valence-electron chi connectivity index (χ0n) is 15.5. The molecule has 0 atom stereocenters. The first-order valence-corrected chi connectivity index (χ1v) is 8.72. The Balaban J connectivity index is 1.76. The molecule has 5 nitrogen and oxygen atoms in total. The van der Waals surface area contributed by atoms with Crippen molar-refractivity contribution in [2.75, 3.05) is 0 Å². The zero-order valence-corrected chi connectivity index (χ0v) is 15.5. The van der Waals surface area contributed by atoms with Crippen LogP contribution >= 0.6 is 0 Å². The Labute approximate surface area is 163 Å². The number of carboxylic acids is 1. The molecular formula is C21H16F3N3O2. The Morgan fingerprint density at radius 3 is 2.48 bits per heavy atom. The standard InChI is InChI=1S/C21H16F3N3O2/c1-11-7-13(20(28)29)3-5-15(11)17-9-14-8-12(4-6-16(14)25-17)18-10-19(21(22,23)24)26-27(18)2/h3-10,25H,1-2H3,(H,28,29). The summed E-state index contributed by atoms with van der Waals surface area (Å²) in [4.78, 5) is 14.4. The molecule has 0 radical (unpaired) electrons. The SMILES string of the molecule is Cc1cc(C(=O)O)ccc1-c1cc2cc(-c3cc(C(F)(F)F)nn3C)ccc2[nH]1. The van der Waals surface area contributed by atoms with Gasteiger partial charge in [-0.1, -0.05) is 12.1 Å². The normalized spacial score (nSPS) is 11.9. The smallest absolute Gasteiger partial charge is 0.435 e. The molecule has 0 fully saturated rings. The molecule has 2 heterocycles. The van der Waals surface area contributed by atoms with Crippen LogP contribution in [-0.4, -0.2) is 25.8 Å². The number of nitrogens with one attached hydrogen (secondary N) is 1. The van der Waals surface area contributed by atoms with Crippen molar-refractivity contribution in [2.45, 2.75) is 13.1 Å². The van der Waals surface area contributed by atoms with Crippen molar-refractivity contribution in [3.63, 3.8) is 0 Å². The number of halogens is 3. The number of benzene rings is 2. The van der Waals surface area contributed by atoms with Crippen molar-refractivity contribution in [3.8, 4) is 22.5 Å². The Morgan fingerprint density at radius 1 is 1.10 bits per heavy atom. The lowest BCUT2D eigenvalue weighted by Gasteiger charge is -2.04. The molecule has 0 bridgehead atoms. The van der Waals surface area contributed by atoms with Crippen molar-refractivity contribution >= 4 is 16.9 Å². The van der Waals surface area contributed by atoms with Gasteiger partial charge in [0.05, 0.1) is 11.3 Å². The lowest BCUT2D eigenvalue weighted by Crippen LogP contribution is -2.06. The molecule has 2 aromatic carbocycles. The zero-order chi connectivity index (χ0) is 20.9. The molecule has 4 rings (SSSR count). The number of carboxylic acid groups (broad SMARTS) is 1. The molecule has 0 saturated carbocycles. The number of alkyl halides is 3. The Bertz CT molecular complexity index is 1250. The van der Waals surface area contributed by atoms with Crippen LogP contribution in [-0.2, 0) is 13.2 Å². The van der Waals surface area contributed by atoms with Crippen LogP contribution < -0.4 is 0 Å². The number of aromatic carboxylic acids is 1. The molecule has 8 heteroatoms. The number of carbonyl (C=O) groups is 1.